The van der Waals surface area contributed by atoms with E-state index in [1.165, 1.54) is 0 Å². The minimum Gasteiger partial charge on any atom is -0.493 e. The zero-order chi connectivity index (χ0) is 18.5. The van der Waals surface area contributed by atoms with Gasteiger partial charge in [-0.15, -0.1) is 10.2 Å². The van der Waals surface area contributed by atoms with Crippen LogP contribution < -0.4 is 0 Å². The molecule has 1 amide bonds. The van der Waals surface area contributed by atoms with E-state index in [1.54, 1.807) is 28.8 Å². The number of nitrogens with zero attached hydrogens (tertiary/aromatic N) is 4. The Morgan fingerprint density at radius 3 is 2.38 bits per heavy atom. The molecule has 0 saturated heterocycles. The average molecular weight is 350 g/mol. The van der Waals surface area contributed by atoms with Gasteiger partial charge in [0, 0.05) is 10.9 Å². The van der Waals surface area contributed by atoms with Crippen LogP contribution in [0.15, 0.2) is 64.8 Å². The van der Waals surface area contributed by atoms with E-state index >= 15 is 0 Å². The number of para-hydroxylation sites is 1. The molecule has 26 heavy (non-hydrogen) atoms. The molecular formula is C20H22N4O2. The van der Waals surface area contributed by atoms with Gasteiger partial charge in [0.05, 0.1) is 12.2 Å². The van der Waals surface area contributed by atoms with Crippen molar-refractivity contribution in [1.29, 1.82) is 0 Å². The van der Waals surface area contributed by atoms with Gasteiger partial charge in [0.2, 0.25) is 5.88 Å². The molecule has 134 valence electrons. The maximum absolute atomic E-state index is 12.2. The van der Waals surface area contributed by atoms with Gasteiger partial charge in [-0.3, -0.25) is 14.3 Å². The highest BCUT2D eigenvalue weighted by Crippen LogP contribution is 2.39. The second-order valence-corrected chi connectivity index (χ2v) is 5.93. The van der Waals surface area contributed by atoms with Crippen LogP contribution >= 0.6 is 0 Å². The topological polar surface area (TPSA) is 70.2 Å². The van der Waals surface area contributed by atoms with Crippen molar-refractivity contribution in [2.45, 2.75) is 20.5 Å². The summed E-state index contributed by atoms with van der Waals surface area (Å²) < 4.78 is 1.80. The van der Waals surface area contributed by atoms with Crippen LogP contribution in [-0.2, 0) is 6.67 Å². The Bertz CT molecular complexity index is 928. The minimum atomic E-state index is -0.439. The lowest BCUT2D eigenvalue weighted by atomic mass is 10.2. The predicted molar refractivity (Wildman–Crippen MR) is 102 cm³/mol. The van der Waals surface area contributed by atoms with Crippen molar-refractivity contribution in [3.05, 3.63) is 60.2 Å². The van der Waals surface area contributed by atoms with E-state index in [9.17, 15) is 9.90 Å². The Hall–Kier alpha value is -2.99. The van der Waals surface area contributed by atoms with E-state index < -0.39 is 5.91 Å². The number of rotatable bonds is 6. The molecule has 0 aliphatic heterocycles. The zero-order valence-electron chi connectivity index (χ0n) is 15.0. The minimum absolute atomic E-state index is 0.0164. The number of carbonyl (C=O) groups excluding carboxylic acids is 1. The summed E-state index contributed by atoms with van der Waals surface area (Å²) in [5.41, 5.74) is 1.64. The normalized spacial score (nSPS) is 11.7. The van der Waals surface area contributed by atoms with Crippen molar-refractivity contribution < 1.29 is 9.90 Å². The first-order valence-electron chi connectivity index (χ1n) is 8.69. The first kappa shape index (κ1) is 17.8. The van der Waals surface area contributed by atoms with E-state index in [0.29, 0.717) is 17.9 Å². The van der Waals surface area contributed by atoms with E-state index in [4.69, 9.17) is 0 Å². The van der Waals surface area contributed by atoms with Gasteiger partial charge in [0.1, 0.15) is 0 Å². The number of hydrogen-bond donors (Lipinski definition) is 1. The van der Waals surface area contributed by atoms with Crippen molar-refractivity contribution in [1.82, 2.24) is 9.47 Å². The highest BCUT2D eigenvalue weighted by atomic mass is 16.3. The van der Waals surface area contributed by atoms with Crippen LogP contribution in [0.1, 0.15) is 24.2 Å². The van der Waals surface area contributed by atoms with Gasteiger partial charge < -0.3 is 5.11 Å². The van der Waals surface area contributed by atoms with Crippen LogP contribution in [0.25, 0.3) is 10.9 Å². The number of carbonyl (C=O) groups is 1. The van der Waals surface area contributed by atoms with Crippen molar-refractivity contribution in [2.24, 2.45) is 10.2 Å². The largest absolute Gasteiger partial charge is 0.493 e. The number of hydrogen-bond acceptors (Lipinski definition) is 4. The van der Waals surface area contributed by atoms with Gasteiger partial charge in [-0.05, 0) is 31.3 Å². The summed E-state index contributed by atoms with van der Waals surface area (Å²) >= 11 is 0. The first-order valence-corrected chi connectivity index (χ1v) is 8.69. The van der Waals surface area contributed by atoms with Gasteiger partial charge in [-0.25, -0.2) is 0 Å². The van der Waals surface area contributed by atoms with Gasteiger partial charge in [0.15, 0.2) is 5.69 Å². The number of aromatic hydroxyl groups is 1. The Balaban J connectivity index is 1.99. The standard InChI is InChI=1S/C20H22N4O2/c1-3-23(4-2)14-24-17-13-9-8-12-16(17)18(20(24)26)21-22-19(25)15-10-6-5-7-11-15/h5-13,26H,3-4,14H2,1-2H3. The summed E-state index contributed by atoms with van der Waals surface area (Å²) in [5.74, 6) is -0.423. The van der Waals surface area contributed by atoms with Crippen LogP contribution in [0.2, 0.25) is 0 Å². The van der Waals surface area contributed by atoms with Gasteiger partial charge in [-0.2, -0.15) is 0 Å². The molecule has 3 aromatic rings. The van der Waals surface area contributed by atoms with E-state index in [0.717, 1.165) is 24.0 Å². The Kier molecular flexibility index (Phi) is 5.43. The van der Waals surface area contributed by atoms with Crippen molar-refractivity contribution in [3.8, 4) is 5.88 Å². The van der Waals surface area contributed by atoms with Gasteiger partial charge in [-0.1, -0.05) is 50.2 Å². The molecule has 6 nitrogen and oxygen atoms in total. The van der Waals surface area contributed by atoms with Crippen molar-refractivity contribution in [2.75, 3.05) is 13.1 Å². The van der Waals surface area contributed by atoms with Crippen LogP contribution in [0, 0.1) is 0 Å². The summed E-state index contributed by atoms with van der Waals surface area (Å²) in [7, 11) is 0. The molecule has 0 aliphatic carbocycles. The fraction of sp³-hybridized carbons (Fsp3) is 0.250. The third-order valence-electron chi connectivity index (χ3n) is 4.41. The fourth-order valence-corrected chi connectivity index (χ4v) is 2.87. The van der Waals surface area contributed by atoms with Crippen LogP contribution in [0.3, 0.4) is 0 Å². The number of benzene rings is 2. The number of fused-ring (bicyclic) bond motifs is 1. The molecule has 0 radical (unpaired) electrons. The lowest BCUT2D eigenvalue weighted by molar-refractivity contribution is 0.0995. The molecule has 1 heterocycles. The lowest BCUT2D eigenvalue weighted by Crippen LogP contribution is -2.25. The molecule has 0 saturated carbocycles. The molecule has 0 spiro atoms. The molecule has 0 unspecified atom stereocenters. The van der Waals surface area contributed by atoms with Crippen LogP contribution in [0.5, 0.6) is 5.88 Å². The second kappa shape index (κ2) is 7.93. The number of azo groups is 1. The van der Waals surface area contributed by atoms with Gasteiger partial charge >= 0.3 is 0 Å². The molecule has 1 aromatic heterocycles. The maximum atomic E-state index is 12.2. The highest BCUT2D eigenvalue weighted by molar-refractivity contribution is 5.97. The second-order valence-electron chi connectivity index (χ2n) is 5.93. The predicted octanol–water partition coefficient (Wildman–Crippen LogP) is 4.57. The Morgan fingerprint density at radius 1 is 1.04 bits per heavy atom. The first-order chi connectivity index (χ1) is 12.7. The number of aromatic nitrogens is 1. The van der Waals surface area contributed by atoms with Crippen LogP contribution in [-0.4, -0.2) is 33.6 Å². The summed E-state index contributed by atoms with van der Waals surface area (Å²) in [6, 6.07) is 16.3. The van der Waals surface area contributed by atoms with Gasteiger partial charge in [0.25, 0.3) is 5.91 Å². The molecule has 1 N–H and O–H groups in total. The molecule has 0 fully saturated rings. The third kappa shape index (κ3) is 3.50. The van der Waals surface area contributed by atoms with Crippen molar-refractivity contribution in [3.63, 3.8) is 0 Å². The van der Waals surface area contributed by atoms with Crippen molar-refractivity contribution >= 4 is 22.5 Å². The summed E-state index contributed by atoms with van der Waals surface area (Å²) in [5, 5.41) is 19.4. The summed E-state index contributed by atoms with van der Waals surface area (Å²) in [6.07, 6.45) is 0. The van der Waals surface area contributed by atoms with E-state index in [-0.39, 0.29) is 5.88 Å². The lowest BCUT2D eigenvalue weighted by Gasteiger charge is -2.19. The van der Waals surface area contributed by atoms with E-state index in [2.05, 4.69) is 29.0 Å². The maximum Gasteiger partial charge on any atom is 0.295 e. The molecular weight excluding hydrogens is 328 g/mol. The molecule has 6 heteroatoms. The molecule has 0 bridgehead atoms. The summed E-state index contributed by atoms with van der Waals surface area (Å²) in [4.78, 5) is 14.4. The SMILES string of the molecule is CCN(CC)Cn1c(O)c(N=NC(=O)c2ccccc2)c2ccccc21. The fourth-order valence-electron chi connectivity index (χ4n) is 2.87. The smallest absolute Gasteiger partial charge is 0.295 e. The Morgan fingerprint density at radius 2 is 1.69 bits per heavy atom. The Labute approximate surface area is 152 Å². The third-order valence-corrected chi connectivity index (χ3v) is 4.41. The average Bonchev–Trinajstić information content (AvgIpc) is 2.95. The zero-order valence-corrected chi connectivity index (χ0v) is 15.0. The molecule has 0 atom stereocenters. The van der Waals surface area contributed by atoms with E-state index in [1.807, 2.05) is 30.3 Å². The molecule has 3 rings (SSSR count). The highest BCUT2D eigenvalue weighted by Gasteiger charge is 2.18. The quantitative estimate of drug-likeness (QED) is 0.662. The number of amides is 1. The molecule has 2 aromatic carbocycles. The monoisotopic (exact) mass is 350 g/mol. The summed E-state index contributed by atoms with van der Waals surface area (Å²) in [6.45, 7) is 6.43. The molecule has 0 aliphatic rings. The van der Waals surface area contributed by atoms with Crippen LogP contribution in [0.4, 0.5) is 5.69 Å².